The molecule has 0 aromatic heterocycles. The molecule has 0 unspecified atom stereocenters. The van der Waals surface area contributed by atoms with E-state index >= 15 is 0 Å². The molecule has 0 bridgehead atoms. The maximum atomic E-state index is 12.9. The van der Waals surface area contributed by atoms with Crippen molar-refractivity contribution in [2.75, 3.05) is 39.3 Å². The molecule has 2 aromatic carbocycles. The van der Waals surface area contributed by atoms with Crippen molar-refractivity contribution in [3.63, 3.8) is 0 Å². The molecule has 2 aromatic rings. The number of nitrogens with zero attached hydrogens (tertiary/aromatic N) is 3. The number of aryl methyl sites for hydroxylation is 1. The van der Waals surface area contributed by atoms with Gasteiger partial charge < -0.3 is 5.11 Å². The normalized spacial score (nSPS) is 24.8. The van der Waals surface area contributed by atoms with Gasteiger partial charge in [-0.25, -0.2) is 8.42 Å². The highest BCUT2D eigenvalue weighted by Crippen LogP contribution is 2.23. The molecule has 0 saturated carbocycles. The van der Waals surface area contributed by atoms with Crippen LogP contribution in [0.25, 0.3) is 0 Å². The second kappa shape index (κ2) is 8.53. The molecule has 0 aliphatic carbocycles. The molecule has 0 radical (unpaired) electrons. The monoisotopic (exact) mass is 415 g/mol. The van der Waals surface area contributed by atoms with Gasteiger partial charge in [-0.1, -0.05) is 48.0 Å². The van der Waals surface area contributed by atoms with Gasteiger partial charge in [0.2, 0.25) is 10.0 Å². The summed E-state index contributed by atoms with van der Waals surface area (Å²) in [7, 11) is -3.46. The highest BCUT2D eigenvalue weighted by atomic mass is 32.2. The summed E-state index contributed by atoms with van der Waals surface area (Å²) in [5.74, 6) is 0. The number of likely N-dealkylation sites (tertiary alicyclic amines) is 1. The van der Waals surface area contributed by atoms with Crippen molar-refractivity contribution < 1.29 is 13.5 Å². The summed E-state index contributed by atoms with van der Waals surface area (Å²) in [4.78, 5) is 4.88. The minimum Gasteiger partial charge on any atom is -0.390 e. The van der Waals surface area contributed by atoms with Gasteiger partial charge in [-0.15, -0.1) is 0 Å². The molecule has 2 heterocycles. The minimum atomic E-state index is -3.46. The SMILES string of the molecule is Cc1ccc(S(=O)(=O)N2CCN([C@H]3CN(Cc4ccccc4)C[C@@H]3O)CC2)cc1. The number of benzene rings is 2. The zero-order chi connectivity index (χ0) is 20.4. The lowest BCUT2D eigenvalue weighted by molar-refractivity contribution is 0.0618. The molecule has 1 N–H and O–H groups in total. The molecule has 7 heteroatoms. The third kappa shape index (κ3) is 4.54. The summed E-state index contributed by atoms with van der Waals surface area (Å²) in [5, 5.41) is 10.6. The van der Waals surface area contributed by atoms with Crippen molar-refractivity contribution in [3.05, 3.63) is 65.7 Å². The summed E-state index contributed by atoms with van der Waals surface area (Å²) >= 11 is 0. The number of sulfonamides is 1. The Hall–Kier alpha value is -1.77. The molecule has 2 fully saturated rings. The van der Waals surface area contributed by atoms with Crippen LogP contribution in [0.4, 0.5) is 0 Å². The molecule has 2 atom stereocenters. The van der Waals surface area contributed by atoms with E-state index < -0.39 is 16.1 Å². The fraction of sp³-hybridized carbons (Fsp3) is 0.455. The van der Waals surface area contributed by atoms with Gasteiger partial charge in [-0.3, -0.25) is 9.80 Å². The first-order chi connectivity index (χ1) is 13.9. The topological polar surface area (TPSA) is 64.1 Å². The van der Waals surface area contributed by atoms with Crippen LogP contribution < -0.4 is 0 Å². The first kappa shape index (κ1) is 20.5. The van der Waals surface area contributed by atoms with Gasteiger partial charge in [0.05, 0.1) is 11.0 Å². The molecule has 156 valence electrons. The fourth-order valence-corrected chi connectivity index (χ4v) is 5.73. The molecule has 2 saturated heterocycles. The first-order valence-electron chi connectivity index (χ1n) is 10.2. The van der Waals surface area contributed by atoms with Gasteiger partial charge >= 0.3 is 0 Å². The number of rotatable bonds is 5. The fourth-order valence-electron chi connectivity index (χ4n) is 4.31. The Balaban J connectivity index is 1.35. The highest BCUT2D eigenvalue weighted by molar-refractivity contribution is 7.89. The number of aliphatic hydroxyl groups is 1. The molecule has 29 heavy (non-hydrogen) atoms. The third-order valence-corrected chi connectivity index (χ3v) is 7.90. The van der Waals surface area contributed by atoms with Gasteiger partial charge in [-0.05, 0) is 24.6 Å². The minimum absolute atomic E-state index is 0.0583. The largest absolute Gasteiger partial charge is 0.390 e. The molecule has 4 rings (SSSR count). The van der Waals surface area contributed by atoms with Crippen LogP contribution in [0.15, 0.2) is 59.5 Å². The van der Waals surface area contributed by atoms with E-state index in [1.54, 1.807) is 16.4 Å². The molecular formula is C22H29N3O3S. The number of hydrogen-bond donors (Lipinski definition) is 1. The van der Waals surface area contributed by atoms with Crippen LogP contribution in [-0.2, 0) is 16.6 Å². The molecule has 0 amide bonds. The predicted molar refractivity (Wildman–Crippen MR) is 113 cm³/mol. The molecule has 2 aliphatic heterocycles. The van der Waals surface area contributed by atoms with Crippen molar-refractivity contribution in [1.82, 2.24) is 14.1 Å². The highest BCUT2D eigenvalue weighted by Gasteiger charge is 2.38. The average molecular weight is 416 g/mol. The summed E-state index contributed by atoms with van der Waals surface area (Å²) < 4.78 is 27.4. The van der Waals surface area contributed by atoms with E-state index in [9.17, 15) is 13.5 Å². The van der Waals surface area contributed by atoms with Gasteiger partial charge in [-0.2, -0.15) is 4.31 Å². The Labute approximate surface area is 173 Å². The average Bonchev–Trinajstić information content (AvgIpc) is 3.09. The molecule has 6 nitrogen and oxygen atoms in total. The number of piperazine rings is 1. The molecular weight excluding hydrogens is 386 g/mol. The number of hydrogen-bond acceptors (Lipinski definition) is 5. The van der Waals surface area contributed by atoms with Crippen LogP contribution in [-0.4, -0.2) is 79.0 Å². The van der Waals surface area contributed by atoms with Gasteiger partial charge in [0.15, 0.2) is 0 Å². The van der Waals surface area contributed by atoms with Crippen LogP contribution in [0, 0.1) is 6.92 Å². The maximum absolute atomic E-state index is 12.9. The first-order valence-corrected chi connectivity index (χ1v) is 11.6. The zero-order valence-electron chi connectivity index (χ0n) is 16.8. The van der Waals surface area contributed by atoms with Crippen LogP contribution in [0.5, 0.6) is 0 Å². The van der Waals surface area contributed by atoms with Crippen molar-refractivity contribution in [1.29, 1.82) is 0 Å². The van der Waals surface area contributed by atoms with E-state index in [0.717, 1.165) is 18.7 Å². The van der Waals surface area contributed by atoms with Crippen molar-refractivity contribution in [2.24, 2.45) is 0 Å². The Kier molecular flexibility index (Phi) is 6.03. The summed E-state index contributed by atoms with van der Waals surface area (Å²) in [6.07, 6.45) is -0.404. The van der Waals surface area contributed by atoms with E-state index in [0.29, 0.717) is 37.6 Å². The van der Waals surface area contributed by atoms with E-state index in [4.69, 9.17) is 0 Å². The molecule has 0 spiro atoms. The van der Waals surface area contributed by atoms with E-state index in [-0.39, 0.29) is 6.04 Å². The summed E-state index contributed by atoms with van der Waals surface area (Å²) in [6, 6.07) is 17.4. The van der Waals surface area contributed by atoms with Crippen LogP contribution in [0.2, 0.25) is 0 Å². The zero-order valence-corrected chi connectivity index (χ0v) is 17.6. The van der Waals surface area contributed by atoms with Gasteiger partial charge in [0.1, 0.15) is 0 Å². The van der Waals surface area contributed by atoms with E-state index in [1.165, 1.54) is 5.56 Å². The lowest BCUT2D eigenvalue weighted by atomic mass is 10.1. The third-order valence-electron chi connectivity index (χ3n) is 5.98. The lowest BCUT2D eigenvalue weighted by Gasteiger charge is -2.38. The Bertz CT molecular complexity index is 910. The Morgan fingerprint density at radius 1 is 0.931 bits per heavy atom. The standard InChI is InChI=1S/C22H29N3O3S/c1-18-7-9-20(10-8-18)29(27,28)25-13-11-24(12-14-25)21-16-23(17-22(21)26)15-19-5-3-2-4-6-19/h2-10,21-22,26H,11-17H2,1H3/t21-,22-/m0/s1. The van der Waals surface area contributed by atoms with Crippen LogP contribution >= 0.6 is 0 Å². The van der Waals surface area contributed by atoms with E-state index in [2.05, 4.69) is 21.9 Å². The quantitative estimate of drug-likeness (QED) is 0.803. The summed E-state index contributed by atoms with van der Waals surface area (Å²) in [6.45, 7) is 6.44. The number of β-amino-alcohol motifs (C(OH)–C–C–N with tert-alkyl or cyclic N) is 1. The maximum Gasteiger partial charge on any atom is 0.243 e. The summed E-state index contributed by atoms with van der Waals surface area (Å²) in [5.41, 5.74) is 2.29. The van der Waals surface area contributed by atoms with Crippen molar-refractivity contribution in [2.45, 2.75) is 30.5 Å². The van der Waals surface area contributed by atoms with Gasteiger partial charge in [0, 0.05) is 51.9 Å². The van der Waals surface area contributed by atoms with Gasteiger partial charge in [0.25, 0.3) is 0 Å². The second-order valence-corrected chi connectivity index (χ2v) is 10.0. The van der Waals surface area contributed by atoms with E-state index in [1.807, 2.05) is 37.3 Å². The van der Waals surface area contributed by atoms with Crippen LogP contribution in [0.1, 0.15) is 11.1 Å². The van der Waals surface area contributed by atoms with Crippen molar-refractivity contribution >= 4 is 10.0 Å². The Morgan fingerprint density at radius 2 is 1.59 bits per heavy atom. The predicted octanol–water partition coefficient (Wildman–Crippen LogP) is 1.55. The lowest BCUT2D eigenvalue weighted by Crippen LogP contribution is -2.54. The van der Waals surface area contributed by atoms with Crippen molar-refractivity contribution in [3.8, 4) is 0 Å². The van der Waals surface area contributed by atoms with Crippen LogP contribution in [0.3, 0.4) is 0 Å². The second-order valence-electron chi connectivity index (χ2n) is 8.07. The molecule has 2 aliphatic rings. The smallest absolute Gasteiger partial charge is 0.243 e. The number of aliphatic hydroxyl groups excluding tert-OH is 1. The Morgan fingerprint density at radius 3 is 2.24 bits per heavy atom.